The number of nitrogens with one attached hydrogen (secondary N) is 4. The van der Waals surface area contributed by atoms with Crippen molar-refractivity contribution in [2.75, 3.05) is 6.61 Å². The Bertz CT molecular complexity index is 4060. The first kappa shape index (κ1) is 74.9. The summed E-state index contributed by atoms with van der Waals surface area (Å²) in [6.45, 7) is 7.55. The van der Waals surface area contributed by atoms with Crippen molar-refractivity contribution >= 4 is 70.3 Å². The number of fused-ring (bicyclic) bond motifs is 15. The predicted molar refractivity (Wildman–Crippen MR) is 353 cm³/mol. The van der Waals surface area contributed by atoms with Gasteiger partial charge >= 0.3 is 5.97 Å². The van der Waals surface area contributed by atoms with Gasteiger partial charge in [0.15, 0.2) is 41.5 Å². The SMILES string of the molecule is CC[C@H](CC(C)C)C(=O)NC1C(=O)C[C@@H](CC(N)=O)C(=O)N[C@H]2C(=O)C[C@H]3C(=O)N[C@H](C(=O)NC(C(=O)O)c4cc(O)cc(O)c4-c4cc3ccc4O)[C@H](O)c3ccc(c(Cl)c3)Oc3cc2cc(c3O[C@@H]2OC(CO)[C@@H](O)[C@H](O)C2O[C@H]2CC(C)(N)[C@H](O)[C@@H](C)O2)Oc2ccc(cc2Cl)[C@H]1O. The number of aliphatic carboxylic acids is 1. The summed E-state index contributed by atoms with van der Waals surface area (Å²) in [6.07, 6.45) is -19.8. The fraction of sp³-hybridized carbons (Fsp3) is 0.449. The maximum Gasteiger partial charge on any atom is 0.330 e. The molecule has 18 N–H and O–H groups in total. The second-order valence-electron chi connectivity index (χ2n) is 26.6. The zero-order valence-corrected chi connectivity index (χ0v) is 56.5. The lowest BCUT2D eigenvalue weighted by molar-refractivity contribution is -0.333. The van der Waals surface area contributed by atoms with E-state index >= 15 is 14.4 Å². The number of carbonyl (C=O) groups excluding carboxylic acids is 7. The summed E-state index contributed by atoms with van der Waals surface area (Å²) in [4.78, 5) is 117. The molecule has 0 aliphatic carbocycles. The number of rotatable bonds is 13. The van der Waals surface area contributed by atoms with Crippen LogP contribution < -0.4 is 46.9 Å². The van der Waals surface area contributed by atoms with Crippen LogP contribution in [0.3, 0.4) is 0 Å². The van der Waals surface area contributed by atoms with Crippen LogP contribution in [0.4, 0.5) is 0 Å². The number of primary amides is 1. The minimum absolute atomic E-state index is 0.0143. The molecule has 7 heterocycles. The van der Waals surface area contributed by atoms with Crippen molar-refractivity contribution in [3.63, 3.8) is 0 Å². The van der Waals surface area contributed by atoms with Crippen LogP contribution in [0.15, 0.2) is 78.9 Å². The molecule has 7 aliphatic heterocycles. The summed E-state index contributed by atoms with van der Waals surface area (Å²) in [5, 5.41) is 123. The Morgan fingerprint density at radius 2 is 1.38 bits per heavy atom. The summed E-state index contributed by atoms with van der Waals surface area (Å²) in [7, 11) is 0. The molecule has 542 valence electrons. The van der Waals surface area contributed by atoms with Crippen LogP contribution in [0.1, 0.15) is 131 Å². The number of amides is 5. The van der Waals surface area contributed by atoms with E-state index in [1.165, 1.54) is 38.1 Å². The molecule has 7 aliphatic rings. The summed E-state index contributed by atoms with van der Waals surface area (Å²) >= 11 is 14.2. The maximum atomic E-state index is 16.2. The number of halogens is 2. The molecule has 5 aromatic rings. The minimum atomic E-state index is -2.24. The molecule has 32 heteroatoms. The summed E-state index contributed by atoms with van der Waals surface area (Å²) in [5.41, 5.74) is 8.53. The van der Waals surface area contributed by atoms with Gasteiger partial charge in [-0.15, -0.1) is 0 Å². The topological polar surface area (TPSA) is 494 Å². The zero-order chi connectivity index (χ0) is 73.5. The number of benzene rings is 5. The molecule has 2 saturated heterocycles. The number of hydrogen-bond acceptors (Lipinski definition) is 24. The largest absolute Gasteiger partial charge is 0.508 e. The van der Waals surface area contributed by atoms with Crippen molar-refractivity contribution < 1.29 is 118 Å². The molecular weight excluding hydrogens is 1370 g/mol. The fourth-order valence-electron chi connectivity index (χ4n) is 13.2. The number of ether oxygens (including phenoxy) is 6. The third kappa shape index (κ3) is 16.0. The molecule has 2 fully saturated rings. The van der Waals surface area contributed by atoms with Crippen molar-refractivity contribution in [3.8, 4) is 57.1 Å². The van der Waals surface area contributed by atoms with Gasteiger partial charge in [0.2, 0.25) is 41.6 Å². The lowest BCUT2D eigenvalue weighted by atomic mass is 9.84. The van der Waals surface area contributed by atoms with Crippen molar-refractivity contribution in [1.82, 2.24) is 21.3 Å². The quantitative estimate of drug-likeness (QED) is 0.0801. The van der Waals surface area contributed by atoms with E-state index in [4.69, 9.17) is 63.1 Å². The predicted octanol–water partition coefficient (Wildman–Crippen LogP) is 3.52. The number of carboxylic acid groups (broad SMARTS) is 1. The van der Waals surface area contributed by atoms with E-state index in [-0.39, 0.29) is 51.1 Å². The Balaban J connectivity index is 1.24. The van der Waals surface area contributed by atoms with E-state index in [0.29, 0.717) is 12.8 Å². The lowest BCUT2D eigenvalue weighted by Gasteiger charge is -2.47. The van der Waals surface area contributed by atoms with Gasteiger partial charge in [-0.25, -0.2) is 4.79 Å². The number of phenolic OH excluding ortho intramolecular Hbond substituents is 3. The Labute approximate surface area is 586 Å². The average molecular weight is 1450 g/mol. The highest BCUT2D eigenvalue weighted by atomic mass is 35.5. The van der Waals surface area contributed by atoms with Crippen LogP contribution in [-0.4, -0.2) is 172 Å². The molecule has 18 atom stereocenters. The van der Waals surface area contributed by atoms with Gasteiger partial charge in [0.25, 0.3) is 0 Å². The van der Waals surface area contributed by atoms with Gasteiger partial charge in [0, 0.05) is 59.9 Å². The van der Waals surface area contributed by atoms with Gasteiger partial charge in [-0.3, -0.25) is 33.6 Å². The molecule has 101 heavy (non-hydrogen) atoms. The normalized spacial score (nSPS) is 29.6. The van der Waals surface area contributed by atoms with Gasteiger partial charge in [-0.2, -0.15) is 0 Å². The van der Waals surface area contributed by atoms with Gasteiger partial charge in [0.1, 0.15) is 77.4 Å². The van der Waals surface area contributed by atoms with Crippen LogP contribution in [0.5, 0.6) is 46.0 Å². The molecule has 5 aromatic carbocycles. The van der Waals surface area contributed by atoms with E-state index < -0.39 is 238 Å². The van der Waals surface area contributed by atoms with E-state index in [9.17, 15) is 75.0 Å². The van der Waals surface area contributed by atoms with Gasteiger partial charge < -0.3 is 112 Å². The first-order valence-electron chi connectivity index (χ1n) is 32.4. The molecule has 30 nitrogen and oxygen atoms in total. The molecule has 0 radical (unpaired) electrons. The van der Waals surface area contributed by atoms with Crippen molar-refractivity contribution in [2.45, 2.75) is 170 Å². The Morgan fingerprint density at radius 3 is 1.96 bits per heavy atom. The molecule has 5 unspecified atom stereocenters. The third-order valence-electron chi connectivity index (χ3n) is 18.6. The Morgan fingerprint density at radius 1 is 0.743 bits per heavy atom. The molecule has 0 aromatic heterocycles. The number of aliphatic hydroxyl groups is 6. The van der Waals surface area contributed by atoms with Crippen LogP contribution in [0.25, 0.3) is 11.1 Å². The van der Waals surface area contributed by atoms with E-state index in [2.05, 4.69) is 21.3 Å². The van der Waals surface area contributed by atoms with Crippen LogP contribution in [0.2, 0.25) is 10.0 Å². The van der Waals surface area contributed by atoms with E-state index in [0.717, 1.165) is 54.6 Å². The van der Waals surface area contributed by atoms with Crippen molar-refractivity contribution in [3.05, 3.63) is 117 Å². The first-order chi connectivity index (χ1) is 47.7. The second kappa shape index (κ2) is 30.4. The number of aromatic hydroxyl groups is 3. The molecule has 12 rings (SSSR count). The minimum Gasteiger partial charge on any atom is -0.508 e. The molecule has 11 bridgehead atoms. The van der Waals surface area contributed by atoms with Crippen molar-refractivity contribution in [1.29, 1.82) is 0 Å². The summed E-state index contributed by atoms with van der Waals surface area (Å²) in [6, 6.07) is 5.66. The standard InChI is InChI=1S/C69H78Cl2N6O24/c1-6-28(13-26(2)3)63(90)76-54-42(82)17-33(20-49(72)84)64(91)74-52-32-18-46(97-44-11-8-30(56(54)85)15-38(44)70)60(101-68-61(59(88)58(87)48(25-78)99-68)100-50-24-69(5,73)62(89)27(4)96-50)47(19-32)98-45-12-9-31(16-39(45)71)57(86)55-66(93)75-53(67(94)95)37-21-34(79)22-41(81)51(37)36-14-29(7-10-40(36)80)35(23-43(52)83)65(92)77-55/h7-12,14-16,18-19,21-22,26-28,33,35,48,50,52-59,61-62,68,78-81,85-89H,6,13,17,20,23-25,73H2,1-5H3,(H2,72,84)(H,74,91)(H,75,93)(H,76,90)(H,77,92)(H,94,95)/t27-,28-,33+,35-,48?,50+,52-,53?,54?,55+,56-,57-,58-,59+,61?,62-,68+,69?/m1/s1. The molecule has 0 saturated carbocycles. The fourth-order valence-corrected chi connectivity index (χ4v) is 13.7. The number of carboxylic acids is 1. The second-order valence-corrected chi connectivity index (χ2v) is 27.4. The highest BCUT2D eigenvalue weighted by Gasteiger charge is 2.51. The Hall–Kier alpha value is -8.76. The Kier molecular flexibility index (Phi) is 22.6. The van der Waals surface area contributed by atoms with Gasteiger partial charge in [0.05, 0.1) is 40.7 Å². The van der Waals surface area contributed by atoms with Gasteiger partial charge in [-0.05, 0) is 109 Å². The van der Waals surface area contributed by atoms with E-state index in [1.54, 1.807) is 6.92 Å². The zero-order valence-electron chi connectivity index (χ0n) is 54.9. The number of Topliss-reactive ketones (excluding diaryl/α,β-unsaturated/α-hetero) is 2. The molecular formula is C69H78Cl2N6O24. The summed E-state index contributed by atoms with van der Waals surface area (Å²) < 4.78 is 38.5. The van der Waals surface area contributed by atoms with Crippen molar-refractivity contribution in [2.24, 2.45) is 29.2 Å². The van der Waals surface area contributed by atoms with Crippen LogP contribution >= 0.6 is 23.2 Å². The number of carbonyl (C=O) groups is 8. The van der Waals surface area contributed by atoms with E-state index in [1.807, 2.05) is 13.8 Å². The number of phenols is 3. The monoisotopic (exact) mass is 1440 g/mol. The number of nitrogens with two attached hydrogens (primary N) is 2. The lowest BCUT2D eigenvalue weighted by Crippen LogP contribution is -2.64. The highest BCUT2D eigenvalue weighted by Crippen LogP contribution is 2.50. The average Bonchev–Trinajstić information content (AvgIpc) is 0.775. The highest BCUT2D eigenvalue weighted by molar-refractivity contribution is 6.32. The maximum absolute atomic E-state index is 16.2. The van der Waals surface area contributed by atoms with Crippen LogP contribution in [0, 0.1) is 17.8 Å². The van der Waals surface area contributed by atoms with Gasteiger partial charge in [-0.1, -0.05) is 62.2 Å². The van der Waals surface area contributed by atoms with Crippen LogP contribution in [-0.2, 0) is 52.6 Å². The number of ketones is 2. The smallest absolute Gasteiger partial charge is 0.330 e. The third-order valence-corrected chi connectivity index (χ3v) is 19.2. The summed E-state index contributed by atoms with van der Waals surface area (Å²) in [5.74, 6) is -18.9. The molecule has 0 spiro atoms. The number of hydrogen-bond donors (Lipinski definition) is 16. The first-order valence-corrected chi connectivity index (χ1v) is 33.2. The molecule has 5 amide bonds. The number of aliphatic hydroxyl groups excluding tert-OH is 6.